The van der Waals surface area contributed by atoms with Crippen LogP contribution in [0.5, 0.6) is 0 Å². The molecule has 1 aromatic rings. The number of ether oxygens (including phenoxy) is 1. The molecule has 0 aromatic heterocycles. The van der Waals surface area contributed by atoms with Crippen LogP contribution < -0.4 is 10.6 Å². The van der Waals surface area contributed by atoms with Crippen LogP contribution in [0.4, 0.5) is 14.5 Å². The Labute approximate surface area is 122 Å². The highest BCUT2D eigenvalue weighted by Crippen LogP contribution is 2.25. The SMILES string of the molecule is CN(CC1CCCCO1)c1c(F)cc(C(N)=S)cc1F. The van der Waals surface area contributed by atoms with E-state index in [2.05, 4.69) is 0 Å². The van der Waals surface area contributed by atoms with Gasteiger partial charge in [0.15, 0.2) is 0 Å². The molecule has 0 radical (unpaired) electrons. The fourth-order valence-corrected chi connectivity index (χ4v) is 2.54. The fraction of sp³-hybridized carbons (Fsp3) is 0.500. The molecule has 20 heavy (non-hydrogen) atoms. The highest BCUT2D eigenvalue weighted by atomic mass is 32.1. The smallest absolute Gasteiger partial charge is 0.150 e. The molecular weight excluding hydrogens is 282 g/mol. The molecule has 2 N–H and O–H groups in total. The quantitative estimate of drug-likeness (QED) is 0.868. The van der Waals surface area contributed by atoms with Crippen molar-refractivity contribution in [3.8, 4) is 0 Å². The maximum absolute atomic E-state index is 14.0. The van der Waals surface area contributed by atoms with Crippen LogP contribution in [0.1, 0.15) is 24.8 Å². The Hall–Kier alpha value is -1.27. The van der Waals surface area contributed by atoms with Crippen LogP contribution in [0.15, 0.2) is 12.1 Å². The van der Waals surface area contributed by atoms with Gasteiger partial charge >= 0.3 is 0 Å². The second-order valence-corrected chi connectivity index (χ2v) is 5.46. The molecule has 0 aliphatic carbocycles. The van der Waals surface area contributed by atoms with Gasteiger partial charge in [0.05, 0.1) is 6.10 Å². The second-order valence-electron chi connectivity index (χ2n) is 5.02. The van der Waals surface area contributed by atoms with Crippen LogP contribution in [-0.2, 0) is 4.74 Å². The van der Waals surface area contributed by atoms with E-state index in [1.165, 1.54) is 12.1 Å². The van der Waals surface area contributed by atoms with E-state index < -0.39 is 11.6 Å². The molecule has 1 fully saturated rings. The van der Waals surface area contributed by atoms with E-state index in [9.17, 15) is 8.78 Å². The Morgan fingerprint density at radius 2 is 2.05 bits per heavy atom. The van der Waals surface area contributed by atoms with Gasteiger partial charge in [0.1, 0.15) is 22.3 Å². The fourth-order valence-electron chi connectivity index (χ4n) is 2.42. The van der Waals surface area contributed by atoms with Crippen LogP contribution in [0.2, 0.25) is 0 Å². The van der Waals surface area contributed by atoms with Gasteiger partial charge in [-0.2, -0.15) is 0 Å². The Balaban J connectivity index is 2.16. The molecule has 2 rings (SSSR count). The summed E-state index contributed by atoms with van der Waals surface area (Å²) in [6, 6.07) is 2.33. The number of nitrogens with zero attached hydrogens (tertiary/aromatic N) is 1. The zero-order valence-electron chi connectivity index (χ0n) is 11.4. The highest BCUT2D eigenvalue weighted by Gasteiger charge is 2.21. The van der Waals surface area contributed by atoms with Gasteiger partial charge in [-0.3, -0.25) is 0 Å². The maximum Gasteiger partial charge on any atom is 0.150 e. The van der Waals surface area contributed by atoms with Crippen molar-refractivity contribution in [3.05, 3.63) is 29.3 Å². The molecule has 1 saturated heterocycles. The number of nitrogens with two attached hydrogens (primary N) is 1. The molecule has 110 valence electrons. The first-order chi connectivity index (χ1) is 9.49. The van der Waals surface area contributed by atoms with Gasteiger partial charge in [-0.25, -0.2) is 8.78 Å². The van der Waals surface area contributed by atoms with Crippen molar-refractivity contribution in [2.24, 2.45) is 5.73 Å². The minimum absolute atomic E-state index is 0.0165. The molecule has 1 heterocycles. The number of likely N-dealkylation sites (N-methyl/N-ethyl adjacent to an activating group) is 1. The number of halogens is 2. The molecule has 1 unspecified atom stereocenters. The number of benzene rings is 1. The van der Waals surface area contributed by atoms with Gasteiger partial charge in [0.25, 0.3) is 0 Å². The van der Waals surface area contributed by atoms with Crippen molar-refractivity contribution in [2.75, 3.05) is 25.1 Å². The second kappa shape index (κ2) is 6.45. The molecule has 3 nitrogen and oxygen atoms in total. The van der Waals surface area contributed by atoms with E-state index in [4.69, 9.17) is 22.7 Å². The summed E-state index contributed by atoms with van der Waals surface area (Å²) in [5, 5.41) is 0. The van der Waals surface area contributed by atoms with Crippen molar-refractivity contribution in [3.63, 3.8) is 0 Å². The van der Waals surface area contributed by atoms with Crippen molar-refractivity contribution < 1.29 is 13.5 Å². The molecule has 0 spiro atoms. The predicted octanol–water partition coefficient (Wildman–Crippen LogP) is 2.60. The third-order valence-electron chi connectivity index (χ3n) is 3.43. The molecule has 0 bridgehead atoms. The van der Waals surface area contributed by atoms with Crippen molar-refractivity contribution in [1.82, 2.24) is 0 Å². The van der Waals surface area contributed by atoms with E-state index in [0.29, 0.717) is 13.2 Å². The molecule has 1 aromatic carbocycles. The molecule has 6 heteroatoms. The predicted molar refractivity (Wildman–Crippen MR) is 79.1 cm³/mol. The van der Waals surface area contributed by atoms with E-state index in [1.807, 2.05) is 0 Å². The van der Waals surface area contributed by atoms with E-state index in [1.54, 1.807) is 11.9 Å². The van der Waals surface area contributed by atoms with Crippen molar-refractivity contribution in [2.45, 2.75) is 25.4 Å². The first kappa shape index (κ1) is 15.1. The van der Waals surface area contributed by atoms with E-state index in [0.717, 1.165) is 19.3 Å². The summed E-state index contributed by atoms with van der Waals surface area (Å²) in [7, 11) is 1.65. The van der Waals surface area contributed by atoms with Gasteiger partial charge < -0.3 is 15.4 Å². The normalized spacial score (nSPS) is 18.9. The summed E-state index contributed by atoms with van der Waals surface area (Å²) in [5.74, 6) is -1.32. The van der Waals surface area contributed by atoms with Crippen molar-refractivity contribution >= 4 is 22.9 Å². The summed E-state index contributed by atoms with van der Waals surface area (Å²) < 4.78 is 33.7. The van der Waals surface area contributed by atoms with Crippen LogP contribution in [0.25, 0.3) is 0 Å². The molecule has 1 aliphatic heterocycles. The zero-order chi connectivity index (χ0) is 14.7. The molecular formula is C14H18F2N2OS. The van der Waals surface area contributed by atoms with Crippen LogP contribution in [0, 0.1) is 11.6 Å². The van der Waals surface area contributed by atoms with Gasteiger partial charge in [-0.05, 0) is 31.4 Å². The minimum Gasteiger partial charge on any atom is -0.389 e. The Bertz CT molecular complexity index is 481. The first-order valence-corrected chi connectivity index (χ1v) is 7.01. The largest absolute Gasteiger partial charge is 0.389 e. The third-order valence-corrected chi connectivity index (χ3v) is 3.67. The maximum atomic E-state index is 14.0. The van der Waals surface area contributed by atoms with Gasteiger partial charge in [-0.1, -0.05) is 12.2 Å². The summed E-state index contributed by atoms with van der Waals surface area (Å²) in [4.78, 5) is 1.52. The average molecular weight is 300 g/mol. The lowest BCUT2D eigenvalue weighted by atomic mass is 10.1. The molecule has 1 atom stereocenters. The van der Waals surface area contributed by atoms with Crippen LogP contribution in [0.3, 0.4) is 0 Å². The first-order valence-electron chi connectivity index (χ1n) is 6.60. The standard InChI is InChI=1S/C14H18F2N2OS/c1-18(8-10-4-2-3-5-19-10)13-11(15)6-9(14(17)20)7-12(13)16/h6-7,10H,2-5,8H2,1H3,(H2,17,20). The number of anilines is 1. The number of hydrogen-bond acceptors (Lipinski definition) is 3. The number of rotatable bonds is 4. The van der Waals surface area contributed by atoms with E-state index >= 15 is 0 Å². The summed E-state index contributed by atoms with van der Waals surface area (Å²) in [6.07, 6.45) is 3.07. The Morgan fingerprint density at radius 1 is 1.40 bits per heavy atom. The lowest BCUT2D eigenvalue weighted by Crippen LogP contribution is -2.34. The van der Waals surface area contributed by atoms with Crippen LogP contribution in [-0.4, -0.2) is 31.3 Å². The molecule has 1 aliphatic rings. The highest BCUT2D eigenvalue weighted by molar-refractivity contribution is 7.80. The van der Waals surface area contributed by atoms with Gasteiger partial charge in [-0.15, -0.1) is 0 Å². The molecule has 0 saturated carbocycles. The lowest BCUT2D eigenvalue weighted by molar-refractivity contribution is 0.0215. The zero-order valence-corrected chi connectivity index (χ0v) is 12.2. The average Bonchev–Trinajstić information content (AvgIpc) is 2.38. The van der Waals surface area contributed by atoms with Crippen LogP contribution >= 0.6 is 12.2 Å². The van der Waals surface area contributed by atoms with Crippen molar-refractivity contribution in [1.29, 1.82) is 0 Å². The van der Waals surface area contributed by atoms with Gasteiger partial charge in [0, 0.05) is 25.8 Å². The Morgan fingerprint density at radius 3 is 2.55 bits per heavy atom. The number of hydrogen-bond donors (Lipinski definition) is 1. The monoisotopic (exact) mass is 300 g/mol. The topological polar surface area (TPSA) is 38.5 Å². The van der Waals surface area contributed by atoms with Gasteiger partial charge in [0.2, 0.25) is 0 Å². The molecule has 0 amide bonds. The summed E-state index contributed by atoms with van der Waals surface area (Å²) in [5.41, 5.74) is 5.52. The lowest BCUT2D eigenvalue weighted by Gasteiger charge is -2.29. The summed E-state index contributed by atoms with van der Waals surface area (Å²) >= 11 is 4.73. The number of thiocarbonyl (C=S) groups is 1. The third kappa shape index (κ3) is 3.43. The van der Waals surface area contributed by atoms with E-state index in [-0.39, 0.29) is 22.3 Å². The minimum atomic E-state index is -0.661. The summed E-state index contributed by atoms with van der Waals surface area (Å²) in [6.45, 7) is 1.17. The Kier molecular flexibility index (Phi) is 4.88.